The van der Waals surface area contributed by atoms with Crippen LogP contribution in [0.25, 0.3) is 0 Å². The Kier molecular flexibility index (Phi) is 14.1. The normalized spacial score (nSPS) is 10.8. The van der Waals surface area contributed by atoms with E-state index >= 15 is 0 Å². The molecule has 0 fully saturated rings. The van der Waals surface area contributed by atoms with Crippen LogP contribution in [0.4, 0.5) is 0 Å². The molecule has 18 heavy (non-hydrogen) atoms. The van der Waals surface area contributed by atoms with Gasteiger partial charge in [-0.3, -0.25) is 4.79 Å². The Morgan fingerprint density at radius 3 is 1.67 bits per heavy atom. The van der Waals surface area contributed by atoms with E-state index in [1.807, 2.05) is 0 Å². The van der Waals surface area contributed by atoms with Crippen LogP contribution in [0.1, 0.15) is 84.5 Å². The summed E-state index contributed by atoms with van der Waals surface area (Å²) in [6.45, 7) is 5.75. The average Bonchev–Trinajstić information content (AvgIpc) is 2.34. The minimum absolute atomic E-state index is 0.541. The smallest absolute Gasteiger partial charge is 0.293 e. The van der Waals surface area contributed by atoms with Crippen molar-refractivity contribution in [2.45, 2.75) is 84.5 Å². The number of unbranched alkanes of at least 4 members (excludes halogenated alkanes) is 9. The summed E-state index contributed by atoms with van der Waals surface area (Å²) in [4.78, 5) is 9.90. The number of hydrogen-bond acceptors (Lipinski definition) is 2. The van der Waals surface area contributed by atoms with Crippen molar-refractivity contribution in [2.75, 3.05) is 6.61 Å². The van der Waals surface area contributed by atoms with Crippen molar-refractivity contribution in [1.82, 2.24) is 0 Å². The first-order chi connectivity index (χ1) is 8.77. The summed E-state index contributed by atoms with van der Waals surface area (Å²) < 4.78 is 4.65. The predicted molar refractivity (Wildman–Crippen MR) is 77.6 cm³/mol. The summed E-state index contributed by atoms with van der Waals surface area (Å²) in [7, 11) is 0. The molecule has 0 spiro atoms. The Morgan fingerprint density at radius 2 is 1.22 bits per heavy atom. The third-order valence-electron chi connectivity index (χ3n) is 3.36. The van der Waals surface area contributed by atoms with Gasteiger partial charge in [-0.25, -0.2) is 0 Å². The van der Waals surface area contributed by atoms with Gasteiger partial charge >= 0.3 is 0 Å². The van der Waals surface area contributed by atoms with E-state index in [1.54, 1.807) is 0 Å². The summed E-state index contributed by atoms with van der Waals surface area (Å²) in [6.07, 6.45) is 14.7. The van der Waals surface area contributed by atoms with Gasteiger partial charge in [0.25, 0.3) is 6.47 Å². The fourth-order valence-electron chi connectivity index (χ4n) is 2.20. The second-order valence-electron chi connectivity index (χ2n) is 5.69. The Balaban J connectivity index is 2.92. The molecule has 0 aromatic carbocycles. The zero-order valence-corrected chi connectivity index (χ0v) is 12.5. The second-order valence-corrected chi connectivity index (χ2v) is 5.69. The van der Waals surface area contributed by atoms with Crippen LogP contribution in [0.15, 0.2) is 0 Å². The summed E-state index contributed by atoms with van der Waals surface area (Å²) in [5.41, 5.74) is 0. The van der Waals surface area contributed by atoms with E-state index in [0.717, 1.165) is 12.3 Å². The van der Waals surface area contributed by atoms with Crippen LogP contribution >= 0.6 is 0 Å². The molecular weight excluding hydrogens is 224 g/mol. The molecule has 0 radical (unpaired) electrons. The highest BCUT2D eigenvalue weighted by atomic mass is 16.5. The summed E-state index contributed by atoms with van der Waals surface area (Å²) >= 11 is 0. The number of rotatable bonds is 14. The quantitative estimate of drug-likeness (QED) is 0.319. The Bertz CT molecular complexity index is 166. The van der Waals surface area contributed by atoms with Crippen molar-refractivity contribution in [3.63, 3.8) is 0 Å². The topological polar surface area (TPSA) is 26.3 Å². The minimum Gasteiger partial charge on any atom is -0.468 e. The molecule has 2 nitrogen and oxygen atoms in total. The van der Waals surface area contributed by atoms with Gasteiger partial charge in [-0.2, -0.15) is 0 Å². The molecule has 0 rings (SSSR count). The minimum atomic E-state index is 0.541. The lowest BCUT2D eigenvalue weighted by atomic mass is 10.0. The van der Waals surface area contributed by atoms with Crippen molar-refractivity contribution >= 4 is 6.47 Å². The van der Waals surface area contributed by atoms with E-state index in [9.17, 15) is 4.79 Å². The number of ether oxygens (including phenoxy) is 1. The molecule has 0 aromatic rings. The predicted octanol–water partition coefficient (Wildman–Crippen LogP) is 5.11. The molecule has 0 aliphatic rings. The standard InChI is InChI=1S/C16H32O2/c1-16(2)13-11-9-7-5-3-4-6-8-10-12-14-18-15-17/h15-16H,3-14H2,1-2H3. The van der Waals surface area contributed by atoms with Gasteiger partial charge in [0.05, 0.1) is 6.61 Å². The van der Waals surface area contributed by atoms with E-state index in [1.165, 1.54) is 64.2 Å². The van der Waals surface area contributed by atoms with E-state index in [0.29, 0.717) is 13.1 Å². The summed E-state index contributed by atoms with van der Waals surface area (Å²) in [6, 6.07) is 0. The number of carbonyl (C=O) groups excluding carboxylic acids is 1. The van der Waals surface area contributed by atoms with Crippen molar-refractivity contribution in [3.8, 4) is 0 Å². The van der Waals surface area contributed by atoms with Gasteiger partial charge in [0.15, 0.2) is 0 Å². The van der Waals surface area contributed by atoms with Gasteiger partial charge in [-0.15, -0.1) is 0 Å². The molecule has 2 heteroatoms. The highest BCUT2D eigenvalue weighted by molar-refractivity contribution is 5.36. The van der Waals surface area contributed by atoms with E-state index in [-0.39, 0.29) is 0 Å². The lowest BCUT2D eigenvalue weighted by molar-refractivity contribution is -0.128. The van der Waals surface area contributed by atoms with Crippen LogP contribution < -0.4 is 0 Å². The van der Waals surface area contributed by atoms with Crippen molar-refractivity contribution in [3.05, 3.63) is 0 Å². The van der Waals surface area contributed by atoms with Gasteiger partial charge in [-0.05, 0) is 12.3 Å². The van der Waals surface area contributed by atoms with Crippen LogP contribution in [0.5, 0.6) is 0 Å². The van der Waals surface area contributed by atoms with Crippen LogP contribution in [-0.4, -0.2) is 13.1 Å². The molecule has 0 unspecified atom stereocenters. The van der Waals surface area contributed by atoms with Gasteiger partial charge in [-0.1, -0.05) is 78.1 Å². The molecule has 0 amide bonds. The van der Waals surface area contributed by atoms with Gasteiger partial charge in [0.2, 0.25) is 0 Å². The third kappa shape index (κ3) is 15.5. The van der Waals surface area contributed by atoms with Crippen molar-refractivity contribution in [1.29, 1.82) is 0 Å². The zero-order valence-electron chi connectivity index (χ0n) is 12.5. The largest absolute Gasteiger partial charge is 0.468 e. The molecule has 108 valence electrons. The summed E-state index contributed by atoms with van der Waals surface area (Å²) in [5, 5.41) is 0. The van der Waals surface area contributed by atoms with Gasteiger partial charge < -0.3 is 4.74 Å². The molecule has 0 heterocycles. The van der Waals surface area contributed by atoms with Crippen LogP contribution in [0.3, 0.4) is 0 Å². The summed E-state index contributed by atoms with van der Waals surface area (Å²) in [5.74, 6) is 0.869. The Hall–Kier alpha value is -0.530. The highest BCUT2D eigenvalue weighted by Crippen LogP contribution is 2.13. The molecule has 0 aliphatic heterocycles. The fourth-order valence-corrected chi connectivity index (χ4v) is 2.20. The third-order valence-corrected chi connectivity index (χ3v) is 3.36. The maximum absolute atomic E-state index is 9.90. The molecule has 0 saturated heterocycles. The lowest BCUT2D eigenvalue weighted by Gasteiger charge is -2.04. The fraction of sp³-hybridized carbons (Fsp3) is 0.938. The molecule has 0 aliphatic carbocycles. The first-order valence-corrected chi connectivity index (χ1v) is 7.82. The molecule has 0 aromatic heterocycles. The number of carbonyl (C=O) groups is 1. The van der Waals surface area contributed by atoms with Crippen LogP contribution in [0.2, 0.25) is 0 Å². The van der Waals surface area contributed by atoms with E-state index in [2.05, 4.69) is 18.6 Å². The Labute approximate surface area is 113 Å². The van der Waals surface area contributed by atoms with Gasteiger partial charge in [0.1, 0.15) is 0 Å². The molecule has 0 N–H and O–H groups in total. The first kappa shape index (κ1) is 17.5. The first-order valence-electron chi connectivity index (χ1n) is 7.82. The molecular formula is C16H32O2. The van der Waals surface area contributed by atoms with E-state index < -0.39 is 0 Å². The zero-order chi connectivity index (χ0) is 13.5. The maximum Gasteiger partial charge on any atom is 0.293 e. The SMILES string of the molecule is CC(C)CCCCCCCCCCCCOC=O. The lowest BCUT2D eigenvalue weighted by Crippen LogP contribution is -1.91. The van der Waals surface area contributed by atoms with Gasteiger partial charge in [0, 0.05) is 0 Å². The van der Waals surface area contributed by atoms with E-state index in [4.69, 9.17) is 0 Å². The molecule has 0 atom stereocenters. The monoisotopic (exact) mass is 256 g/mol. The van der Waals surface area contributed by atoms with Crippen molar-refractivity contribution < 1.29 is 9.53 Å². The van der Waals surface area contributed by atoms with Crippen LogP contribution in [0, 0.1) is 5.92 Å². The average molecular weight is 256 g/mol. The number of hydrogen-bond donors (Lipinski definition) is 0. The second kappa shape index (κ2) is 14.5. The molecule has 0 bridgehead atoms. The maximum atomic E-state index is 9.90. The Morgan fingerprint density at radius 1 is 0.778 bits per heavy atom. The van der Waals surface area contributed by atoms with Crippen LogP contribution in [-0.2, 0) is 9.53 Å². The molecule has 0 saturated carbocycles. The highest BCUT2D eigenvalue weighted by Gasteiger charge is 1.95. The van der Waals surface area contributed by atoms with Crippen molar-refractivity contribution in [2.24, 2.45) is 5.92 Å².